The lowest BCUT2D eigenvalue weighted by Crippen LogP contribution is -2.55. The van der Waals surface area contributed by atoms with Crippen molar-refractivity contribution in [2.45, 2.75) is 38.8 Å². The van der Waals surface area contributed by atoms with Crippen molar-refractivity contribution >= 4 is 5.69 Å². The third kappa shape index (κ3) is 2.84. The normalized spacial score (nSPS) is 25.8. The summed E-state index contributed by atoms with van der Waals surface area (Å²) in [5, 5.41) is 3.60. The Morgan fingerprint density at radius 2 is 1.95 bits per heavy atom. The molecule has 2 aliphatic rings. The molecule has 0 radical (unpaired) electrons. The van der Waals surface area contributed by atoms with Gasteiger partial charge in [-0.25, -0.2) is 0 Å². The number of hydrogen-bond donors (Lipinski definition) is 1. The van der Waals surface area contributed by atoms with Crippen molar-refractivity contribution in [3.8, 4) is 0 Å². The molecule has 1 fully saturated rings. The van der Waals surface area contributed by atoms with Gasteiger partial charge in [-0.3, -0.25) is 9.80 Å². The summed E-state index contributed by atoms with van der Waals surface area (Å²) in [6.45, 7) is 10.6. The van der Waals surface area contributed by atoms with Gasteiger partial charge in [0.05, 0.1) is 0 Å². The first-order valence-corrected chi connectivity index (χ1v) is 8.07. The second-order valence-electron chi connectivity index (χ2n) is 6.23. The fraction of sp³-hybridized carbons (Fsp3) is 0.647. The van der Waals surface area contributed by atoms with Crippen LogP contribution in [-0.4, -0.2) is 54.6 Å². The number of nitrogens with zero attached hydrogens (tertiary/aromatic N) is 2. The van der Waals surface area contributed by atoms with Gasteiger partial charge in [0.2, 0.25) is 0 Å². The lowest BCUT2D eigenvalue weighted by atomic mass is 9.98. The van der Waals surface area contributed by atoms with E-state index < -0.39 is 0 Å². The minimum absolute atomic E-state index is 0.670. The van der Waals surface area contributed by atoms with Crippen molar-refractivity contribution in [3.05, 3.63) is 29.8 Å². The van der Waals surface area contributed by atoms with Crippen molar-refractivity contribution in [1.29, 1.82) is 0 Å². The predicted octanol–water partition coefficient (Wildman–Crippen LogP) is 2.44. The van der Waals surface area contributed by atoms with E-state index in [9.17, 15) is 0 Å². The van der Waals surface area contributed by atoms with E-state index >= 15 is 0 Å². The first kappa shape index (κ1) is 13.9. The highest BCUT2D eigenvalue weighted by atomic mass is 15.3. The number of piperazine rings is 1. The Morgan fingerprint density at radius 1 is 1.20 bits per heavy atom. The predicted molar refractivity (Wildman–Crippen MR) is 85.3 cm³/mol. The molecule has 2 unspecified atom stereocenters. The third-order valence-corrected chi connectivity index (χ3v) is 5.08. The van der Waals surface area contributed by atoms with Crippen LogP contribution in [0.3, 0.4) is 0 Å². The quantitative estimate of drug-likeness (QED) is 0.912. The van der Waals surface area contributed by atoms with Gasteiger partial charge in [-0.15, -0.1) is 0 Å². The fourth-order valence-electron chi connectivity index (χ4n) is 3.48. The molecule has 3 heteroatoms. The van der Waals surface area contributed by atoms with Crippen LogP contribution in [-0.2, 0) is 6.42 Å². The molecule has 0 amide bonds. The maximum absolute atomic E-state index is 3.60. The number of anilines is 1. The molecule has 3 nitrogen and oxygen atoms in total. The molecule has 0 spiro atoms. The van der Waals surface area contributed by atoms with Crippen LogP contribution in [0.15, 0.2) is 24.3 Å². The van der Waals surface area contributed by atoms with E-state index in [4.69, 9.17) is 0 Å². The largest absolute Gasteiger partial charge is 0.383 e. The summed E-state index contributed by atoms with van der Waals surface area (Å²) in [7, 11) is 0. The van der Waals surface area contributed by atoms with Crippen LogP contribution in [0.2, 0.25) is 0 Å². The molecule has 2 heterocycles. The van der Waals surface area contributed by atoms with Crippen LogP contribution in [0.5, 0.6) is 0 Å². The molecular formula is C17H27N3. The zero-order valence-corrected chi connectivity index (χ0v) is 12.8. The molecule has 20 heavy (non-hydrogen) atoms. The zero-order valence-electron chi connectivity index (χ0n) is 12.8. The Labute approximate surface area is 123 Å². The van der Waals surface area contributed by atoms with Crippen molar-refractivity contribution in [1.82, 2.24) is 9.80 Å². The molecular weight excluding hydrogens is 246 g/mol. The minimum Gasteiger partial charge on any atom is -0.383 e. The second-order valence-corrected chi connectivity index (χ2v) is 6.23. The zero-order chi connectivity index (χ0) is 13.9. The van der Waals surface area contributed by atoms with E-state index in [0.717, 1.165) is 12.6 Å². The molecule has 1 aromatic rings. The smallest absolute Gasteiger partial charge is 0.0373 e. The summed E-state index contributed by atoms with van der Waals surface area (Å²) in [5.74, 6) is 0. The molecule has 1 aromatic carbocycles. The third-order valence-electron chi connectivity index (χ3n) is 5.08. The SMILES string of the molecule is CCC(C)N1CCN(C2CNc3ccccc3C2)CC1. The van der Waals surface area contributed by atoms with Crippen molar-refractivity contribution in [3.63, 3.8) is 0 Å². The van der Waals surface area contributed by atoms with E-state index in [1.54, 1.807) is 0 Å². The highest BCUT2D eigenvalue weighted by Crippen LogP contribution is 2.24. The van der Waals surface area contributed by atoms with Gasteiger partial charge in [0, 0.05) is 50.5 Å². The fourth-order valence-corrected chi connectivity index (χ4v) is 3.48. The Hall–Kier alpha value is -1.06. The van der Waals surface area contributed by atoms with Crippen molar-refractivity contribution in [2.24, 2.45) is 0 Å². The van der Waals surface area contributed by atoms with Gasteiger partial charge < -0.3 is 5.32 Å². The van der Waals surface area contributed by atoms with E-state index in [-0.39, 0.29) is 0 Å². The highest BCUT2D eigenvalue weighted by Gasteiger charge is 2.27. The Kier molecular flexibility index (Phi) is 4.27. The summed E-state index contributed by atoms with van der Waals surface area (Å²) in [6.07, 6.45) is 2.46. The van der Waals surface area contributed by atoms with Gasteiger partial charge in [-0.1, -0.05) is 25.1 Å². The van der Waals surface area contributed by atoms with Gasteiger partial charge in [-0.05, 0) is 31.4 Å². The van der Waals surface area contributed by atoms with Crippen molar-refractivity contribution in [2.75, 3.05) is 38.0 Å². The Balaban J connectivity index is 1.57. The van der Waals surface area contributed by atoms with Crippen LogP contribution in [0.1, 0.15) is 25.8 Å². The average Bonchev–Trinajstić information content (AvgIpc) is 2.54. The summed E-state index contributed by atoms with van der Waals surface area (Å²) in [6, 6.07) is 10.2. The van der Waals surface area contributed by atoms with Crippen LogP contribution in [0.4, 0.5) is 5.69 Å². The lowest BCUT2D eigenvalue weighted by molar-refractivity contribution is 0.0749. The Bertz CT molecular complexity index is 438. The summed E-state index contributed by atoms with van der Waals surface area (Å²) in [4.78, 5) is 5.32. The average molecular weight is 273 g/mol. The lowest BCUT2D eigenvalue weighted by Gasteiger charge is -2.43. The molecule has 0 aromatic heterocycles. The number of rotatable bonds is 3. The second kappa shape index (κ2) is 6.15. The minimum atomic E-state index is 0.670. The topological polar surface area (TPSA) is 18.5 Å². The molecule has 110 valence electrons. The summed E-state index contributed by atoms with van der Waals surface area (Å²) in [5.41, 5.74) is 2.81. The monoisotopic (exact) mass is 273 g/mol. The number of hydrogen-bond acceptors (Lipinski definition) is 3. The first-order chi connectivity index (χ1) is 9.78. The van der Waals surface area contributed by atoms with E-state index in [0.29, 0.717) is 6.04 Å². The molecule has 3 rings (SSSR count). The Morgan fingerprint density at radius 3 is 2.70 bits per heavy atom. The number of benzene rings is 1. The maximum atomic E-state index is 3.60. The molecule has 0 bridgehead atoms. The molecule has 2 atom stereocenters. The molecule has 2 aliphatic heterocycles. The van der Waals surface area contributed by atoms with Crippen LogP contribution in [0, 0.1) is 0 Å². The van der Waals surface area contributed by atoms with Gasteiger partial charge >= 0.3 is 0 Å². The molecule has 1 N–H and O–H groups in total. The maximum Gasteiger partial charge on any atom is 0.0373 e. The summed E-state index contributed by atoms with van der Waals surface area (Å²) >= 11 is 0. The van der Waals surface area contributed by atoms with E-state index in [2.05, 4.69) is 53.2 Å². The van der Waals surface area contributed by atoms with Crippen LogP contribution >= 0.6 is 0 Å². The molecule has 1 saturated heterocycles. The highest BCUT2D eigenvalue weighted by molar-refractivity contribution is 5.53. The van der Waals surface area contributed by atoms with E-state index in [1.807, 2.05) is 0 Å². The van der Waals surface area contributed by atoms with Gasteiger partial charge in [-0.2, -0.15) is 0 Å². The summed E-state index contributed by atoms with van der Waals surface area (Å²) < 4.78 is 0. The van der Waals surface area contributed by atoms with Gasteiger partial charge in [0.25, 0.3) is 0 Å². The number of nitrogens with one attached hydrogen (secondary N) is 1. The number of para-hydroxylation sites is 1. The van der Waals surface area contributed by atoms with Crippen molar-refractivity contribution < 1.29 is 0 Å². The van der Waals surface area contributed by atoms with E-state index in [1.165, 1.54) is 50.3 Å². The molecule has 0 aliphatic carbocycles. The van der Waals surface area contributed by atoms with Gasteiger partial charge in [0.1, 0.15) is 0 Å². The van der Waals surface area contributed by atoms with Crippen LogP contribution < -0.4 is 5.32 Å². The van der Waals surface area contributed by atoms with Crippen LogP contribution in [0.25, 0.3) is 0 Å². The van der Waals surface area contributed by atoms with Gasteiger partial charge in [0.15, 0.2) is 0 Å². The standard InChI is InChI=1S/C17H27N3/c1-3-14(2)19-8-10-20(11-9-19)16-12-15-6-4-5-7-17(15)18-13-16/h4-7,14,16,18H,3,8-13H2,1-2H3. The molecule has 0 saturated carbocycles. The first-order valence-electron chi connectivity index (χ1n) is 8.07. The number of fused-ring (bicyclic) bond motifs is 1.